The zero-order chi connectivity index (χ0) is 14.3. The van der Waals surface area contributed by atoms with Gasteiger partial charge in [-0.3, -0.25) is 9.59 Å². The van der Waals surface area contributed by atoms with E-state index < -0.39 is 11.5 Å². The van der Waals surface area contributed by atoms with Gasteiger partial charge < -0.3 is 15.7 Å². The molecule has 0 bridgehead atoms. The van der Waals surface area contributed by atoms with Gasteiger partial charge in [0.2, 0.25) is 5.91 Å². The highest BCUT2D eigenvalue weighted by Gasteiger charge is 2.34. The molecule has 3 N–H and O–H groups in total. The molecule has 0 aromatic heterocycles. The first kappa shape index (κ1) is 16.9. The van der Waals surface area contributed by atoms with Gasteiger partial charge in [0.1, 0.15) is 0 Å². The molecule has 0 aromatic carbocycles. The lowest BCUT2D eigenvalue weighted by Crippen LogP contribution is -2.56. The third kappa shape index (κ3) is 4.64. The minimum absolute atomic E-state index is 0.0346. The lowest BCUT2D eigenvalue weighted by atomic mass is 9.92. The quantitative estimate of drug-likeness (QED) is 0.692. The fraction of sp³-hybridized carbons (Fsp3) is 0.846. The molecule has 0 spiro atoms. The minimum Gasteiger partial charge on any atom is -0.481 e. The number of nitrogens with two attached hydrogens (primary N) is 1. The molecular weight excluding hydrogens is 232 g/mol. The van der Waals surface area contributed by atoms with E-state index in [4.69, 9.17) is 10.8 Å². The first-order chi connectivity index (χ1) is 8.28. The summed E-state index contributed by atoms with van der Waals surface area (Å²) in [6.07, 6.45) is 1.71. The van der Waals surface area contributed by atoms with Gasteiger partial charge in [-0.2, -0.15) is 0 Å². The third-order valence-electron chi connectivity index (χ3n) is 3.36. The zero-order valence-electron chi connectivity index (χ0n) is 11.9. The Kier molecular flexibility index (Phi) is 6.91. The van der Waals surface area contributed by atoms with Crippen molar-refractivity contribution < 1.29 is 14.7 Å². The topological polar surface area (TPSA) is 83.6 Å². The summed E-state index contributed by atoms with van der Waals surface area (Å²) in [5.74, 6) is -0.913. The summed E-state index contributed by atoms with van der Waals surface area (Å²) < 4.78 is 0. The fourth-order valence-corrected chi connectivity index (χ4v) is 1.83. The van der Waals surface area contributed by atoms with Gasteiger partial charge in [-0.05, 0) is 33.1 Å². The van der Waals surface area contributed by atoms with E-state index in [0.717, 1.165) is 0 Å². The Hall–Kier alpha value is -1.10. The summed E-state index contributed by atoms with van der Waals surface area (Å²) >= 11 is 0. The van der Waals surface area contributed by atoms with Crippen LogP contribution < -0.4 is 5.73 Å². The van der Waals surface area contributed by atoms with Crippen molar-refractivity contribution in [2.75, 3.05) is 6.54 Å². The van der Waals surface area contributed by atoms with Crippen molar-refractivity contribution in [3.8, 4) is 0 Å². The van der Waals surface area contributed by atoms with Gasteiger partial charge in [0.05, 0.1) is 5.54 Å². The minimum atomic E-state index is -0.837. The summed E-state index contributed by atoms with van der Waals surface area (Å²) in [5.41, 5.74) is 5.28. The van der Waals surface area contributed by atoms with Crippen LogP contribution in [0.1, 0.15) is 53.4 Å². The van der Waals surface area contributed by atoms with E-state index in [9.17, 15) is 9.59 Å². The Morgan fingerprint density at radius 2 is 1.78 bits per heavy atom. The van der Waals surface area contributed by atoms with Crippen molar-refractivity contribution >= 4 is 11.9 Å². The molecule has 0 radical (unpaired) electrons. The second-order valence-electron chi connectivity index (χ2n) is 4.95. The molecule has 0 unspecified atom stereocenters. The maximum absolute atomic E-state index is 12.4. The molecular formula is C13H26N2O3. The van der Waals surface area contributed by atoms with E-state index in [-0.39, 0.29) is 18.4 Å². The Labute approximate surface area is 109 Å². The van der Waals surface area contributed by atoms with Crippen LogP contribution in [-0.2, 0) is 9.59 Å². The van der Waals surface area contributed by atoms with Crippen molar-refractivity contribution in [3.63, 3.8) is 0 Å². The summed E-state index contributed by atoms with van der Waals surface area (Å²) in [6, 6.07) is 0.0346. The average molecular weight is 258 g/mol. The summed E-state index contributed by atoms with van der Waals surface area (Å²) in [5, 5.41) is 8.63. The molecule has 0 saturated carbocycles. The van der Waals surface area contributed by atoms with Crippen molar-refractivity contribution in [3.05, 3.63) is 0 Å². The molecule has 0 aromatic rings. The van der Waals surface area contributed by atoms with Crippen molar-refractivity contribution in [1.82, 2.24) is 4.90 Å². The zero-order valence-corrected chi connectivity index (χ0v) is 11.9. The van der Waals surface area contributed by atoms with Gasteiger partial charge in [0.15, 0.2) is 0 Å². The van der Waals surface area contributed by atoms with E-state index in [1.165, 1.54) is 0 Å². The van der Waals surface area contributed by atoms with E-state index in [0.29, 0.717) is 25.8 Å². The number of carboxylic acids is 1. The maximum Gasteiger partial charge on any atom is 0.303 e. The second kappa shape index (κ2) is 7.36. The van der Waals surface area contributed by atoms with Gasteiger partial charge in [-0.25, -0.2) is 0 Å². The van der Waals surface area contributed by atoms with E-state index in [1.54, 1.807) is 4.90 Å². The number of aliphatic carboxylic acids is 1. The molecule has 0 heterocycles. The highest BCUT2D eigenvalue weighted by molar-refractivity contribution is 5.86. The van der Waals surface area contributed by atoms with E-state index >= 15 is 0 Å². The van der Waals surface area contributed by atoms with Gasteiger partial charge in [0, 0.05) is 19.0 Å². The lowest BCUT2D eigenvalue weighted by molar-refractivity contribution is -0.141. The molecule has 1 amide bonds. The molecule has 0 fully saturated rings. The normalized spacial score (nSPS) is 11.7. The average Bonchev–Trinajstić information content (AvgIpc) is 2.32. The van der Waals surface area contributed by atoms with Crippen LogP contribution in [0.4, 0.5) is 0 Å². The first-order valence-electron chi connectivity index (χ1n) is 6.60. The highest BCUT2D eigenvalue weighted by Crippen LogP contribution is 2.17. The van der Waals surface area contributed by atoms with Crippen LogP contribution in [0.25, 0.3) is 0 Å². The first-order valence-corrected chi connectivity index (χ1v) is 6.60. The van der Waals surface area contributed by atoms with Gasteiger partial charge in [-0.1, -0.05) is 13.8 Å². The van der Waals surface area contributed by atoms with Crippen LogP contribution in [-0.4, -0.2) is 40.0 Å². The Bertz CT molecular complexity index is 286. The Morgan fingerprint density at radius 1 is 1.28 bits per heavy atom. The molecule has 0 rings (SSSR count). The summed E-state index contributed by atoms with van der Waals surface area (Å²) in [6.45, 7) is 8.09. The third-order valence-corrected chi connectivity index (χ3v) is 3.36. The fourth-order valence-electron chi connectivity index (χ4n) is 1.83. The molecule has 0 aliphatic carbocycles. The molecule has 0 aliphatic heterocycles. The van der Waals surface area contributed by atoms with Gasteiger partial charge >= 0.3 is 5.97 Å². The maximum atomic E-state index is 12.4. The number of rotatable bonds is 8. The molecule has 0 atom stereocenters. The van der Waals surface area contributed by atoms with Gasteiger partial charge in [-0.15, -0.1) is 0 Å². The van der Waals surface area contributed by atoms with E-state index in [1.807, 2.05) is 27.7 Å². The SMILES string of the molecule is CCC(N)(CC)C(=O)N(CCCC(=O)O)C(C)C. The molecule has 18 heavy (non-hydrogen) atoms. The van der Waals surface area contributed by atoms with E-state index in [2.05, 4.69) is 0 Å². The number of amides is 1. The van der Waals surface area contributed by atoms with Gasteiger partial charge in [0.25, 0.3) is 0 Å². The molecule has 0 aliphatic rings. The van der Waals surface area contributed by atoms with Crippen LogP contribution in [0.2, 0.25) is 0 Å². The standard InChI is InChI=1S/C13H26N2O3/c1-5-13(14,6-2)12(18)15(10(3)4)9-7-8-11(16)17/h10H,5-9,14H2,1-4H3,(H,16,17). The number of carboxylic acid groups (broad SMARTS) is 1. The largest absolute Gasteiger partial charge is 0.481 e. The molecule has 5 heteroatoms. The van der Waals surface area contributed by atoms with Crippen LogP contribution in [0.15, 0.2) is 0 Å². The molecule has 5 nitrogen and oxygen atoms in total. The van der Waals surface area contributed by atoms with Crippen molar-refractivity contribution in [2.45, 2.75) is 65.0 Å². The molecule has 106 valence electrons. The number of hydrogen-bond donors (Lipinski definition) is 2. The Morgan fingerprint density at radius 3 is 2.11 bits per heavy atom. The van der Waals surface area contributed by atoms with Crippen molar-refractivity contribution in [1.29, 1.82) is 0 Å². The molecule has 0 saturated heterocycles. The predicted octanol–water partition coefficient (Wildman–Crippen LogP) is 1.61. The Balaban J connectivity index is 4.69. The second-order valence-corrected chi connectivity index (χ2v) is 4.95. The van der Waals surface area contributed by atoms with Crippen molar-refractivity contribution in [2.24, 2.45) is 5.73 Å². The predicted molar refractivity (Wildman–Crippen MR) is 71.2 cm³/mol. The van der Waals surface area contributed by atoms with Crippen LogP contribution in [0.5, 0.6) is 0 Å². The number of carbonyl (C=O) groups is 2. The van der Waals surface area contributed by atoms with Crippen LogP contribution >= 0.6 is 0 Å². The summed E-state index contributed by atoms with van der Waals surface area (Å²) in [7, 11) is 0. The smallest absolute Gasteiger partial charge is 0.303 e. The number of nitrogens with zero attached hydrogens (tertiary/aromatic N) is 1. The highest BCUT2D eigenvalue weighted by atomic mass is 16.4. The number of carbonyl (C=O) groups excluding carboxylic acids is 1. The number of hydrogen-bond acceptors (Lipinski definition) is 3. The van der Waals surface area contributed by atoms with Crippen LogP contribution in [0, 0.1) is 0 Å². The lowest BCUT2D eigenvalue weighted by Gasteiger charge is -2.35. The monoisotopic (exact) mass is 258 g/mol. The van der Waals surface area contributed by atoms with Crippen LogP contribution in [0.3, 0.4) is 0 Å². The summed E-state index contributed by atoms with van der Waals surface area (Å²) in [4.78, 5) is 24.6.